The number of nitrogens with zero attached hydrogens (tertiary/aromatic N) is 3. The Balaban J connectivity index is 1.26. The number of aliphatic imine (C=N–C) groups is 1. The summed E-state index contributed by atoms with van der Waals surface area (Å²) in [6, 6.07) is 7.63. The van der Waals surface area contributed by atoms with Crippen LogP contribution in [0.3, 0.4) is 0 Å². The van der Waals surface area contributed by atoms with Crippen LogP contribution in [0.2, 0.25) is 10.0 Å². The number of benzene rings is 2. The number of hydrogen-bond donors (Lipinski definition) is 3. The van der Waals surface area contributed by atoms with Crippen molar-refractivity contribution < 1.29 is 23.9 Å². The van der Waals surface area contributed by atoms with Crippen LogP contribution in [0.1, 0.15) is 51.1 Å². The molecule has 0 radical (unpaired) electrons. The maximum absolute atomic E-state index is 13.2. The van der Waals surface area contributed by atoms with Crippen LogP contribution < -0.4 is 10.6 Å². The first-order valence-electron chi connectivity index (χ1n) is 13.5. The van der Waals surface area contributed by atoms with Gasteiger partial charge in [0, 0.05) is 50.7 Å². The standard InChI is InChI=1S/C29H31Cl2N5O5/c1-32-29(35-10-2-3-11-35)33-9-6-22(28(39)40)34-26(37)24-21(30)14-19-16-36(12-7-20(19)25(24)31)27(38)18-5-4-17-8-13-41-23(17)15-18/h4-5,8,13-15,22H,2-3,6-7,9-12,16H2,1H3,(H,32,33)(H,34,37)(H,39,40)/t22-/m0/s1. The number of carboxylic acid groups (broad SMARTS) is 1. The van der Waals surface area contributed by atoms with Crippen molar-refractivity contribution in [2.24, 2.45) is 4.99 Å². The van der Waals surface area contributed by atoms with Crippen molar-refractivity contribution in [1.82, 2.24) is 20.4 Å². The highest BCUT2D eigenvalue weighted by molar-refractivity contribution is 6.40. The van der Waals surface area contributed by atoms with Gasteiger partial charge in [-0.1, -0.05) is 29.3 Å². The van der Waals surface area contributed by atoms with E-state index in [4.69, 9.17) is 27.6 Å². The molecule has 12 heteroatoms. The Morgan fingerprint density at radius 2 is 1.88 bits per heavy atom. The van der Waals surface area contributed by atoms with Gasteiger partial charge >= 0.3 is 5.97 Å². The number of furan rings is 1. The highest BCUT2D eigenvalue weighted by Gasteiger charge is 2.30. The quantitative estimate of drug-likeness (QED) is 0.274. The van der Waals surface area contributed by atoms with Crippen LogP contribution in [0.25, 0.3) is 11.0 Å². The minimum absolute atomic E-state index is 0.0298. The van der Waals surface area contributed by atoms with E-state index in [0.717, 1.165) is 42.4 Å². The molecule has 0 unspecified atom stereocenters. The number of aliphatic carboxylic acids is 1. The molecule has 3 heterocycles. The highest BCUT2D eigenvalue weighted by atomic mass is 35.5. The van der Waals surface area contributed by atoms with Crippen molar-refractivity contribution in [2.75, 3.05) is 33.2 Å². The van der Waals surface area contributed by atoms with Crippen molar-refractivity contribution in [2.45, 2.75) is 38.3 Å². The average molecular weight is 601 g/mol. The number of halogens is 2. The minimum atomic E-state index is -1.16. The molecule has 1 aromatic heterocycles. The van der Waals surface area contributed by atoms with Gasteiger partial charge in [-0.05, 0) is 61.1 Å². The molecule has 0 aliphatic carbocycles. The number of likely N-dealkylation sites (tertiary alicyclic amines) is 1. The van der Waals surface area contributed by atoms with Gasteiger partial charge in [0.25, 0.3) is 11.8 Å². The predicted octanol–water partition coefficient (Wildman–Crippen LogP) is 4.18. The van der Waals surface area contributed by atoms with Crippen LogP contribution in [0.4, 0.5) is 0 Å². The second kappa shape index (κ2) is 12.4. The zero-order chi connectivity index (χ0) is 29.1. The lowest BCUT2D eigenvalue weighted by molar-refractivity contribution is -0.139. The van der Waals surface area contributed by atoms with Gasteiger partial charge in [-0.15, -0.1) is 0 Å². The summed E-state index contributed by atoms with van der Waals surface area (Å²) in [5.41, 5.74) is 2.63. The predicted molar refractivity (Wildman–Crippen MR) is 157 cm³/mol. The van der Waals surface area contributed by atoms with Gasteiger partial charge in [0.15, 0.2) is 5.96 Å². The third-order valence-electron chi connectivity index (χ3n) is 7.56. The first-order valence-corrected chi connectivity index (χ1v) is 14.3. The van der Waals surface area contributed by atoms with E-state index in [9.17, 15) is 19.5 Å². The van der Waals surface area contributed by atoms with Crippen molar-refractivity contribution in [3.8, 4) is 0 Å². The van der Waals surface area contributed by atoms with Gasteiger partial charge in [-0.2, -0.15) is 0 Å². The maximum atomic E-state index is 13.2. The van der Waals surface area contributed by atoms with Gasteiger partial charge in [0.1, 0.15) is 11.6 Å². The van der Waals surface area contributed by atoms with Gasteiger partial charge < -0.3 is 30.0 Å². The molecule has 2 aromatic carbocycles. The van der Waals surface area contributed by atoms with Crippen molar-refractivity contribution >= 4 is 57.9 Å². The molecule has 41 heavy (non-hydrogen) atoms. The monoisotopic (exact) mass is 599 g/mol. The molecule has 1 fully saturated rings. The fourth-order valence-electron chi connectivity index (χ4n) is 5.38. The number of carbonyl (C=O) groups is 3. The van der Waals surface area contributed by atoms with E-state index >= 15 is 0 Å². The lowest BCUT2D eigenvalue weighted by Crippen LogP contribution is -2.45. The molecule has 1 saturated heterocycles. The summed E-state index contributed by atoms with van der Waals surface area (Å²) in [5, 5.41) is 16.7. The van der Waals surface area contributed by atoms with Crippen LogP contribution >= 0.6 is 23.2 Å². The zero-order valence-corrected chi connectivity index (χ0v) is 24.1. The van der Waals surface area contributed by atoms with E-state index in [1.54, 1.807) is 36.4 Å². The van der Waals surface area contributed by atoms with Crippen molar-refractivity contribution in [3.63, 3.8) is 0 Å². The molecule has 10 nitrogen and oxygen atoms in total. The molecule has 3 aromatic rings. The topological polar surface area (TPSA) is 127 Å². The Bertz CT molecular complexity index is 1510. The van der Waals surface area contributed by atoms with E-state index in [0.29, 0.717) is 36.6 Å². The molecule has 0 bridgehead atoms. The Hall–Kier alpha value is -3.76. The number of hydrogen-bond acceptors (Lipinski definition) is 5. The van der Waals surface area contributed by atoms with E-state index in [1.807, 2.05) is 12.1 Å². The maximum Gasteiger partial charge on any atom is 0.326 e. The molecule has 3 N–H and O–H groups in total. The normalized spacial score (nSPS) is 16.0. The highest BCUT2D eigenvalue weighted by Crippen LogP contribution is 2.35. The molecule has 1 atom stereocenters. The number of fused-ring (bicyclic) bond motifs is 2. The molecule has 2 aliphatic heterocycles. The SMILES string of the molecule is C/N=C(\NCC[C@H](NC(=O)c1c(Cl)cc2c(c1Cl)CCN(C(=O)c1ccc3ccoc3c1)C2)C(=O)O)N1CCCC1. The molecule has 216 valence electrons. The van der Waals surface area contributed by atoms with Crippen molar-refractivity contribution in [1.29, 1.82) is 0 Å². The number of carbonyl (C=O) groups excluding carboxylic acids is 2. The summed E-state index contributed by atoms with van der Waals surface area (Å²) in [6.07, 6.45) is 4.31. The summed E-state index contributed by atoms with van der Waals surface area (Å²) < 4.78 is 5.43. The molecule has 2 amide bonds. The van der Waals surface area contributed by atoms with Crippen LogP contribution in [0, 0.1) is 0 Å². The van der Waals surface area contributed by atoms with Crippen molar-refractivity contribution in [3.05, 3.63) is 68.9 Å². The second-order valence-electron chi connectivity index (χ2n) is 10.2. The van der Waals surface area contributed by atoms with Gasteiger partial charge in [-0.3, -0.25) is 14.6 Å². The lowest BCUT2D eigenvalue weighted by Gasteiger charge is -2.30. The van der Waals surface area contributed by atoms with E-state index in [2.05, 4.69) is 20.5 Å². The Morgan fingerprint density at radius 3 is 2.61 bits per heavy atom. The number of nitrogens with one attached hydrogen (secondary N) is 2. The number of carboxylic acids is 1. The molecule has 5 rings (SSSR count). The molecular formula is C29H31Cl2N5O5. The summed E-state index contributed by atoms with van der Waals surface area (Å²) in [4.78, 5) is 46.5. The molecule has 0 saturated carbocycles. The third-order valence-corrected chi connectivity index (χ3v) is 8.27. The number of amides is 2. The van der Waals surface area contributed by atoms with Crippen LogP contribution in [0.15, 0.2) is 46.0 Å². The zero-order valence-electron chi connectivity index (χ0n) is 22.6. The Kier molecular flexibility index (Phi) is 8.70. The summed E-state index contributed by atoms with van der Waals surface area (Å²) in [6.45, 7) is 2.78. The lowest BCUT2D eigenvalue weighted by atomic mass is 9.95. The van der Waals surface area contributed by atoms with Crippen LogP contribution in [-0.4, -0.2) is 77.9 Å². The summed E-state index contributed by atoms with van der Waals surface area (Å²) in [5.74, 6) is -1.26. The van der Waals surface area contributed by atoms with E-state index < -0.39 is 17.9 Å². The fourth-order valence-corrected chi connectivity index (χ4v) is 6.14. The van der Waals surface area contributed by atoms with Gasteiger partial charge in [0.2, 0.25) is 0 Å². The molecule has 2 aliphatic rings. The van der Waals surface area contributed by atoms with E-state index in [1.165, 1.54) is 0 Å². The van der Waals surface area contributed by atoms with E-state index in [-0.39, 0.29) is 34.5 Å². The van der Waals surface area contributed by atoms with Crippen LogP contribution in [-0.2, 0) is 17.8 Å². The Labute approximate surface area is 247 Å². The first kappa shape index (κ1) is 28.8. The number of guanidine groups is 1. The van der Waals surface area contributed by atoms with Crippen LogP contribution in [0.5, 0.6) is 0 Å². The first-order chi connectivity index (χ1) is 19.8. The molecular weight excluding hydrogens is 569 g/mol. The summed E-state index contributed by atoms with van der Waals surface area (Å²) >= 11 is 13.2. The van der Waals surface area contributed by atoms with Gasteiger partial charge in [0.05, 0.1) is 21.9 Å². The number of rotatable bonds is 7. The smallest absolute Gasteiger partial charge is 0.326 e. The minimum Gasteiger partial charge on any atom is -0.480 e. The fraction of sp³-hybridized carbons (Fsp3) is 0.379. The van der Waals surface area contributed by atoms with Gasteiger partial charge in [-0.25, -0.2) is 4.79 Å². The average Bonchev–Trinajstić information content (AvgIpc) is 3.66. The largest absolute Gasteiger partial charge is 0.480 e. The Morgan fingerprint density at radius 1 is 1.10 bits per heavy atom. The summed E-state index contributed by atoms with van der Waals surface area (Å²) in [7, 11) is 1.69. The third kappa shape index (κ3) is 6.13. The second-order valence-corrected chi connectivity index (χ2v) is 10.9. The molecule has 0 spiro atoms.